The van der Waals surface area contributed by atoms with E-state index in [0.717, 1.165) is 19.0 Å². The SMILES string of the molecule is CNCC1CCCN1c1ncc(OC)cn1. The van der Waals surface area contributed by atoms with Gasteiger partial charge in [-0.1, -0.05) is 0 Å². The summed E-state index contributed by atoms with van der Waals surface area (Å²) in [6.45, 7) is 2.02. The molecular formula is C11H18N4O. The van der Waals surface area contributed by atoms with Crippen LogP contribution in [0.3, 0.4) is 0 Å². The maximum atomic E-state index is 5.05. The number of ether oxygens (including phenoxy) is 1. The van der Waals surface area contributed by atoms with Crippen LogP contribution in [0.15, 0.2) is 12.4 Å². The fraction of sp³-hybridized carbons (Fsp3) is 0.636. The van der Waals surface area contributed by atoms with Crippen LogP contribution in [-0.4, -0.2) is 43.3 Å². The summed E-state index contributed by atoms with van der Waals surface area (Å²) in [4.78, 5) is 10.9. The molecule has 2 heterocycles. The number of anilines is 1. The molecule has 0 spiro atoms. The van der Waals surface area contributed by atoms with Gasteiger partial charge >= 0.3 is 0 Å². The zero-order valence-corrected chi connectivity index (χ0v) is 9.81. The molecule has 1 aliphatic heterocycles. The van der Waals surface area contributed by atoms with E-state index in [-0.39, 0.29) is 0 Å². The van der Waals surface area contributed by atoms with Crippen molar-refractivity contribution in [2.75, 3.05) is 32.1 Å². The molecule has 0 amide bonds. The Labute approximate surface area is 95.8 Å². The monoisotopic (exact) mass is 222 g/mol. The number of aromatic nitrogens is 2. The van der Waals surface area contributed by atoms with Gasteiger partial charge in [-0.05, 0) is 19.9 Å². The van der Waals surface area contributed by atoms with Crippen molar-refractivity contribution in [2.45, 2.75) is 18.9 Å². The van der Waals surface area contributed by atoms with Crippen LogP contribution >= 0.6 is 0 Å². The second-order valence-electron chi connectivity index (χ2n) is 3.97. The van der Waals surface area contributed by atoms with Crippen molar-refractivity contribution in [3.8, 4) is 5.75 Å². The second-order valence-corrected chi connectivity index (χ2v) is 3.97. The summed E-state index contributed by atoms with van der Waals surface area (Å²) in [6.07, 6.45) is 5.85. The molecule has 16 heavy (non-hydrogen) atoms. The predicted molar refractivity (Wildman–Crippen MR) is 62.9 cm³/mol. The average Bonchev–Trinajstić information content (AvgIpc) is 2.78. The Hall–Kier alpha value is -1.36. The minimum absolute atomic E-state index is 0.512. The summed E-state index contributed by atoms with van der Waals surface area (Å²) in [5.41, 5.74) is 0. The first-order valence-electron chi connectivity index (χ1n) is 5.62. The van der Waals surface area contributed by atoms with Gasteiger partial charge in [0.05, 0.1) is 19.5 Å². The number of rotatable bonds is 4. The largest absolute Gasteiger partial charge is 0.494 e. The van der Waals surface area contributed by atoms with Gasteiger partial charge in [-0.15, -0.1) is 0 Å². The number of likely N-dealkylation sites (N-methyl/N-ethyl adjacent to an activating group) is 1. The van der Waals surface area contributed by atoms with Gasteiger partial charge in [0.25, 0.3) is 0 Å². The van der Waals surface area contributed by atoms with E-state index in [1.54, 1.807) is 19.5 Å². The van der Waals surface area contributed by atoms with E-state index >= 15 is 0 Å². The Balaban J connectivity index is 2.09. The van der Waals surface area contributed by atoms with Crippen LogP contribution in [0.25, 0.3) is 0 Å². The van der Waals surface area contributed by atoms with E-state index in [4.69, 9.17) is 4.74 Å². The van der Waals surface area contributed by atoms with Gasteiger partial charge in [0.1, 0.15) is 0 Å². The molecule has 1 fully saturated rings. The highest BCUT2D eigenvalue weighted by molar-refractivity contribution is 5.34. The molecule has 1 N–H and O–H groups in total. The first-order valence-corrected chi connectivity index (χ1v) is 5.62. The summed E-state index contributed by atoms with van der Waals surface area (Å²) < 4.78 is 5.05. The maximum absolute atomic E-state index is 5.05. The van der Waals surface area contributed by atoms with Gasteiger partial charge in [-0.3, -0.25) is 0 Å². The minimum Gasteiger partial charge on any atom is -0.494 e. The zero-order valence-electron chi connectivity index (χ0n) is 9.81. The number of hydrogen-bond acceptors (Lipinski definition) is 5. The van der Waals surface area contributed by atoms with E-state index in [1.165, 1.54) is 12.8 Å². The van der Waals surface area contributed by atoms with E-state index in [1.807, 2.05) is 7.05 Å². The molecule has 0 aromatic carbocycles. The Morgan fingerprint density at radius 1 is 1.50 bits per heavy atom. The number of methoxy groups -OCH3 is 1. The van der Waals surface area contributed by atoms with Gasteiger partial charge in [0, 0.05) is 19.1 Å². The number of nitrogens with one attached hydrogen (secondary N) is 1. The van der Waals surface area contributed by atoms with Crippen LogP contribution in [0, 0.1) is 0 Å². The highest BCUT2D eigenvalue weighted by atomic mass is 16.5. The van der Waals surface area contributed by atoms with Gasteiger partial charge in [-0.2, -0.15) is 0 Å². The summed E-state index contributed by atoms with van der Waals surface area (Å²) in [6, 6.07) is 0.512. The highest BCUT2D eigenvalue weighted by Gasteiger charge is 2.25. The molecule has 1 aliphatic rings. The van der Waals surface area contributed by atoms with Crippen LogP contribution in [0.2, 0.25) is 0 Å². The van der Waals surface area contributed by atoms with E-state index < -0.39 is 0 Å². The van der Waals surface area contributed by atoms with Crippen molar-refractivity contribution in [2.24, 2.45) is 0 Å². The lowest BCUT2D eigenvalue weighted by Crippen LogP contribution is -2.37. The lowest BCUT2D eigenvalue weighted by molar-refractivity contribution is 0.410. The summed E-state index contributed by atoms with van der Waals surface area (Å²) >= 11 is 0. The Bertz CT molecular complexity index is 327. The van der Waals surface area contributed by atoms with Crippen molar-refractivity contribution >= 4 is 5.95 Å². The summed E-state index contributed by atoms with van der Waals surface area (Å²) in [7, 11) is 3.60. The summed E-state index contributed by atoms with van der Waals surface area (Å²) in [5.74, 6) is 1.51. The zero-order chi connectivity index (χ0) is 11.4. The van der Waals surface area contributed by atoms with Crippen LogP contribution in [0.1, 0.15) is 12.8 Å². The van der Waals surface area contributed by atoms with Gasteiger partial charge in [0.2, 0.25) is 5.95 Å². The fourth-order valence-corrected chi connectivity index (χ4v) is 2.11. The summed E-state index contributed by atoms with van der Waals surface area (Å²) in [5, 5.41) is 3.21. The molecule has 0 aliphatic carbocycles. The molecule has 1 unspecified atom stereocenters. The molecule has 1 saturated heterocycles. The standard InChI is InChI=1S/C11H18N4O/c1-12-6-9-4-3-5-15(9)11-13-7-10(16-2)8-14-11/h7-9,12H,3-6H2,1-2H3. The number of nitrogens with zero attached hydrogens (tertiary/aromatic N) is 3. The van der Waals surface area contributed by atoms with Crippen molar-refractivity contribution in [3.05, 3.63) is 12.4 Å². The normalized spacial score (nSPS) is 20.1. The van der Waals surface area contributed by atoms with Gasteiger partial charge < -0.3 is 15.0 Å². The van der Waals surface area contributed by atoms with Crippen molar-refractivity contribution in [1.82, 2.24) is 15.3 Å². The molecule has 1 aromatic heterocycles. The molecule has 88 valence electrons. The third kappa shape index (κ3) is 2.24. The smallest absolute Gasteiger partial charge is 0.225 e. The quantitative estimate of drug-likeness (QED) is 0.811. The van der Waals surface area contributed by atoms with Crippen LogP contribution in [-0.2, 0) is 0 Å². The second kappa shape index (κ2) is 5.12. The molecule has 0 saturated carbocycles. The average molecular weight is 222 g/mol. The van der Waals surface area contributed by atoms with E-state index in [0.29, 0.717) is 11.8 Å². The van der Waals surface area contributed by atoms with Crippen molar-refractivity contribution in [3.63, 3.8) is 0 Å². The molecule has 1 atom stereocenters. The minimum atomic E-state index is 0.512. The van der Waals surface area contributed by atoms with Crippen molar-refractivity contribution in [1.29, 1.82) is 0 Å². The first kappa shape index (κ1) is 11.1. The topological polar surface area (TPSA) is 50.3 Å². The molecule has 0 radical (unpaired) electrons. The van der Waals surface area contributed by atoms with E-state index in [9.17, 15) is 0 Å². The van der Waals surface area contributed by atoms with Crippen molar-refractivity contribution < 1.29 is 4.74 Å². The lowest BCUT2D eigenvalue weighted by atomic mass is 10.2. The van der Waals surface area contributed by atoms with Crippen LogP contribution < -0.4 is 15.0 Å². The molecule has 5 nitrogen and oxygen atoms in total. The lowest BCUT2D eigenvalue weighted by Gasteiger charge is -2.24. The van der Waals surface area contributed by atoms with Crippen LogP contribution in [0.5, 0.6) is 5.75 Å². The Morgan fingerprint density at radius 2 is 2.25 bits per heavy atom. The van der Waals surface area contributed by atoms with E-state index in [2.05, 4.69) is 20.2 Å². The molecular weight excluding hydrogens is 204 g/mol. The highest BCUT2D eigenvalue weighted by Crippen LogP contribution is 2.22. The predicted octanol–water partition coefficient (Wildman–Crippen LogP) is 0.673. The Morgan fingerprint density at radius 3 is 2.88 bits per heavy atom. The third-order valence-electron chi connectivity index (χ3n) is 2.92. The molecule has 5 heteroatoms. The Kier molecular flexibility index (Phi) is 3.56. The molecule has 1 aromatic rings. The van der Waals surface area contributed by atoms with Gasteiger partial charge in [-0.25, -0.2) is 9.97 Å². The number of hydrogen-bond donors (Lipinski definition) is 1. The maximum Gasteiger partial charge on any atom is 0.225 e. The molecule has 2 rings (SSSR count). The van der Waals surface area contributed by atoms with Gasteiger partial charge in [0.15, 0.2) is 5.75 Å². The molecule has 0 bridgehead atoms. The first-order chi connectivity index (χ1) is 7.85. The third-order valence-corrected chi connectivity index (χ3v) is 2.92. The van der Waals surface area contributed by atoms with Crippen LogP contribution in [0.4, 0.5) is 5.95 Å². The fourth-order valence-electron chi connectivity index (χ4n) is 2.11.